The first kappa shape index (κ1) is 45.0. The Kier molecular flexibility index (Phi) is 16.7. The van der Waals surface area contributed by atoms with Crippen LogP contribution in [0.2, 0.25) is 0 Å². The Bertz CT molecular complexity index is 1300. The molecule has 9 atom stereocenters. The monoisotopic (exact) mass is 783 g/mol. The summed E-state index contributed by atoms with van der Waals surface area (Å²) >= 11 is 0. The lowest BCUT2D eigenvalue weighted by Gasteiger charge is -2.58. The Labute approximate surface area is 326 Å². The summed E-state index contributed by atoms with van der Waals surface area (Å²) in [4.78, 5) is 12.8. The van der Waals surface area contributed by atoms with E-state index >= 15 is 0 Å². The van der Waals surface area contributed by atoms with Crippen molar-refractivity contribution in [2.75, 3.05) is 52.6 Å². The predicted molar refractivity (Wildman–Crippen MR) is 214 cm³/mol. The number of fused-ring (bicyclic) bond motifs is 5. The number of ether oxygens (including phenoxy) is 3. The zero-order chi connectivity index (χ0) is 39.6. The standard InChI is InChI=1S/C40H75N6O7P/c1-28(2)9-8-10-29(3)33-13-14-34-32-12-11-30-27-31(15-17-39(30,6)35(32)16-18-40(33,34)7)53-37(47)45-20-24-49-38(4,5)50-25-22-46-54(48,51-23-19-41)52-26-21-44-36(42)43/h11,28-29,31-35H,8-10,12-27,41H2,1-7H3,(H,45,47)(H,46,48)(H4,42,43,44). The fourth-order valence-corrected chi connectivity index (χ4v) is 11.9. The number of hydrogen-bond acceptors (Lipinski definition) is 9. The maximum Gasteiger partial charge on any atom is 0.407 e. The van der Waals surface area contributed by atoms with Gasteiger partial charge in [-0.3, -0.25) is 14.5 Å². The predicted octanol–water partition coefficient (Wildman–Crippen LogP) is 7.06. The molecule has 8 N–H and O–H groups in total. The molecule has 0 spiro atoms. The molecule has 9 unspecified atom stereocenters. The van der Waals surface area contributed by atoms with Crippen molar-refractivity contribution >= 4 is 19.8 Å². The summed E-state index contributed by atoms with van der Waals surface area (Å²) in [6.07, 6.45) is 15.7. The second-order valence-electron chi connectivity index (χ2n) is 17.8. The van der Waals surface area contributed by atoms with Crippen LogP contribution in [0.25, 0.3) is 0 Å². The van der Waals surface area contributed by atoms with Crippen LogP contribution in [-0.2, 0) is 27.8 Å². The van der Waals surface area contributed by atoms with Crippen molar-refractivity contribution in [3.63, 3.8) is 0 Å². The highest BCUT2D eigenvalue weighted by Crippen LogP contribution is 2.67. The third kappa shape index (κ3) is 12.1. The summed E-state index contributed by atoms with van der Waals surface area (Å²) in [6.45, 7) is 17.2. The maximum absolute atomic E-state index is 12.9. The van der Waals surface area contributed by atoms with Crippen LogP contribution in [0, 0.1) is 51.7 Å². The van der Waals surface area contributed by atoms with Crippen LogP contribution in [-0.4, -0.2) is 76.6 Å². The molecule has 0 radical (unpaired) electrons. The first-order valence-corrected chi connectivity index (χ1v) is 22.4. The number of alkyl carbamates (subject to hydrolysis) is 1. The molecule has 0 aromatic heterocycles. The molecule has 0 saturated heterocycles. The molecule has 312 valence electrons. The molecule has 4 aliphatic rings. The van der Waals surface area contributed by atoms with E-state index in [1.807, 2.05) is 0 Å². The van der Waals surface area contributed by atoms with Gasteiger partial charge in [0.05, 0.1) is 26.4 Å². The van der Waals surface area contributed by atoms with Gasteiger partial charge >= 0.3 is 13.8 Å². The number of allylic oxidation sites excluding steroid dienone is 1. The molecular formula is C40H75N6O7P. The number of carbonyl (C=O) groups excluding carboxylic acids is 1. The quantitative estimate of drug-likeness (QED) is 0.0164. The van der Waals surface area contributed by atoms with Gasteiger partial charge in [0.1, 0.15) is 6.10 Å². The molecule has 3 fully saturated rings. The summed E-state index contributed by atoms with van der Waals surface area (Å²) in [6, 6.07) is 0. The van der Waals surface area contributed by atoms with Crippen molar-refractivity contribution in [2.45, 2.75) is 131 Å². The lowest BCUT2D eigenvalue weighted by molar-refractivity contribution is -0.210. The van der Waals surface area contributed by atoms with Gasteiger partial charge in [0.2, 0.25) is 0 Å². The molecule has 0 aliphatic heterocycles. The number of hydrogen-bond donors (Lipinski definition) is 6. The molecule has 14 heteroatoms. The van der Waals surface area contributed by atoms with E-state index in [2.05, 4.69) is 56.4 Å². The number of rotatable bonds is 22. The summed E-state index contributed by atoms with van der Waals surface area (Å²) in [7, 11) is -3.63. The number of nitrogens with one attached hydrogen (secondary N) is 4. The molecule has 1 amide bonds. The highest BCUT2D eigenvalue weighted by atomic mass is 31.2. The van der Waals surface area contributed by atoms with Gasteiger partial charge in [0.15, 0.2) is 11.7 Å². The van der Waals surface area contributed by atoms with Gasteiger partial charge in [-0.15, -0.1) is 0 Å². The molecule has 0 bridgehead atoms. The van der Waals surface area contributed by atoms with Crippen LogP contribution >= 0.6 is 7.75 Å². The molecule has 0 aromatic rings. The lowest BCUT2D eigenvalue weighted by atomic mass is 9.47. The zero-order valence-electron chi connectivity index (χ0n) is 34.5. The Morgan fingerprint density at radius 1 is 0.963 bits per heavy atom. The minimum Gasteiger partial charge on any atom is -0.446 e. The van der Waals surface area contributed by atoms with E-state index in [4.69, 9.17) is 40.1 Å². The van der Waals surface area contributed by atoms with Crippen LogP contribution in [0.15, 0.2) is 11.6 Å². The normalized spacial score (nSPS) is 31.1. The van der Waals surface area contributed by atoms with E-state index in [1.54, 1.807) is 13.8 Å². The van der Waals surface area contributed by atoms with E-state index in [0.717, 1.165) is 54.8 Å². The van der Waals surface area contributed by atoms with Crippen LogP contribution in [0.5, 0.6) is 0 Å². The zero-order valence-corrected chi connectivity index (χ0v) is 35.4. The molecule has 3 saturated carbocycles. The van der Waals surface area contributed by atoms with Crippen molar-refractivity contribution in [1.29, 1.82) is 5.41 Å². The van der Waals surface area contributed by atoms with Crippen LogP contribution in [0.4, 0.5) is 4.79 Å². The summed E-state index contributed by atoms with van der Waals surface area (Å²) in [5.41, 5.74) is 13.0. The van der Waals surface area contributed by atoms with E-state index in [-0.39, 0.29) is 70.1 Å². The largest absolute Gasteiger partial charge is 0.446 e. The van der Waals surface area contributed by atoms with Crippen molar-refractivity contribution in [3.05, 3.63) is 11.6 Å². The second kappa shape index (κ2) is 20.1. The fraction of sp³-hybridized carbons (Fsp3) is 0.900. The van der Waals surface area contributed by atoms with Crippen molar-refractivity contribution in [3.8, 4) is 0 Å². The summed E-state index contributed by atoms with van der Waals surface area (Å²) < 4.78 is 41.3. The second-order valence-corrected chi connectivity index (χ2v) is 19.6. The molecule has 4 rings (SSSR count). The minimum absolute atomic E-state index is 0.0109. The topological polar surface area (TPSA) is 192 Å². The van der Waals surface area contributed by atoms with E-state index in [9.17, 15) is 9.36 Å². The Morgan fingerprint density at radius 3 is 2.37 bits per heavy atom. The highest BCUT2D eigenvalue weighted by molar-refractivity contribution is 7.51. The van der Waals surface area contributed by atoms with Crippen molar-refractivity contribution < 1.29 is 32.6 Å². The van der Waals surface area contributed by atoms with Gasteiger partial charge < -0.3 is 36.3 Å². The third-order valence-corrected chi connectivity index (χ3v) is 14.9. The average Bonchev–Trinajstić information content (AvgIpc) is 3.47. The molecule has 13 nitrogen and oxygen atoms in total. The molecule has 54 heavy (non-hydrogen) atoms. The van der Waals surface area contributed by atoms with Crippen molar-refractivity contribution in [1.82, 2.24) is 15.7 Å². The number of guanidine groups is 1. The first-order chi connectivity index (χ1) is 25.5. The number of nitrogens with two attached hydrogens (primary N) is 2. The van der Waals surface area contributed by atoms with Gasteiger partial charge in [-0.05, 0) is 105 Å². The summed E-state index contributed by atoms with van der Waals surface area (Å²) in [5.74, 6) is 3.69. The van der Waals surface area contributed by atoms with Crippen LogP contribution in [0.1, 0.15) is 119 Å². The Balaban J connectivity index is 1.16. The highest BCUT2D eigenvalue weighted by Gasteiger charge is 2.59. The van der Waals surface area contributed by atoms with Gasteiger partial charge in [-0.25, -0.2) is 14.4 Å². The van der Waals surface area contributed by atoms with E-state index in [1.165, 1.54) is 56.9 Å². The minimum atomic E-state index is -3.63. The van der Waals surface area contributed by atoms with Crippen LogP contribution < -0.4 is 27.2 Å². The first-order valence-electron chi connectivity index (χ1n) is 20.9. The Morgan fingerprint density at radius 2 is 1.67 bits per heavy atom. The Hall–Kier alpha value is -1.73. The summed E-state index contributed by atoms with van der Waals surface area (Å²) in [5, 5.41) is 15.4. The fourth-order valence-electron chi connectivity index (χ4n) is 10.6. The average molecular weight is 783 g/mol. The SMILES string of the molecule is CC(C)CCCC(C)C1CCC2C3CC=C4CC(OC(=O)NCCOC(C)(C)OCCNP(=O)(OCCN)OCCNC(=N)N)CCC4(C)C3CCC12C. The van der Waals surface area contributed by atoms with Crippen molar-refractivity contribution in [2.24, 2.45) is 57.8 Å². The molecular weight excluding hydrogens is 707 g/mol. The number of amides is 1. The lowest BCUT2D eigenvalue weighted by Crippen LogP contribution is -2.51. The van der Waals surface area contributed by atoms with Gasteiger partial charge in [0.25, 0.3) is 0 Å². The van der Waals surface area contributed by atoms with Gasteiger partial charge in [0, 0.05) is 32.6 Å². The van der Waals surface area contributed by atoms with E-state index < -0.39 is 19.6 Å². The molecule has 0 aromatic carbocycles. The number of carbonyl (C=O) groups is 1. The third-order valence-electron chi connectivity index (χ3n) is 13.3. The van der Waals surface area contributed by atoms with Gasteiger partial charge in [-0.1, -0.05) is 65.5 Å². The maximum atomic E-state index is 12.9. The van der Waals surface area contributed by atoms with Crippen LogP contribution in [0.3, 0.4) is 0 Å². The van der Waals surface area contributed by atoms with E-state index in [0.29, 0.717) is 5.41 Å². The molecule has 4 aliphatic carbocycles. The van der Waals surface area contributed by atoms with Gasteiger partial charge in [-0.2, -0.15) is 0 Å². The smallest absolute Gasteiger partial charge is 0.407 e. The molecule has 0 heterocycles.